The summed E-state index contributed by atoms with van der Waals surface area (Å²) in [6.07, 6.45) is 1.43. The average molecular weight is 292 g/mol. The first-order valence-corrected chi connectivity index (χ1v) is 6.69. The second kappa shape index (κ2) is 5.46. The zero-order valence-corrected chi connectivity index (χ0v) is 11.7. The Morgan fingerprint density at radius 2 is 1.85 bits per heavy atom. The Kier molecular flexibility index (Phi) is 3.89. The van der Waals surface area contributed by atoms with Crippen molar-refractivity contribution in [3.8, 4) is 0 Å². The van der Waals surface area contributed by atoms with Crippen LogP contribution in [0.5, 0.6) is 0 Å². The van der Waals surface area contributed by atoms with Crippen molar-refractivity contribution < 1.29 is 14.5 Å². The van der Waals surface area contributed by atoms with Crippen LogP contribution in [0.2, 0.25) is 0 Å². The predicted octanol–water partition coefficient (Wildman–Crippen LogP) is 2.00. The second-order valence-corrected chi connectivity index (χ2v) is 5.51. The van der Waals surface area contributed by atoms with Crippen molar-refractivity contribution in [2.45, 2.75) is 17.1 Å². The Hall–Kier alpha value is -2.15. The van der Waals surface area contributed by atoms with Gasteiger partial charge >= 0.3 is 0 Å². The molecule has 0 aliphatic carbocycles. The van der Waals surface area contributed by atoms with Crippen LogP contribution >= 0.6 is 11.8 Å². The summed E-state index contributed by atoms with van der Waals surface area (Å²) in [4.78, 5) is 36.1. The number of nitro groups is 1. The molecule has 1 aliphatic heterocycles. The molecule has 0 fully saturated rings. The van der Waals surface area contributed by atoms with Gasteiger partial charge in [0.05, 0.1) is 4.92 Å². The van der Waals surface area contributed by atoms with Crippen molar-refractivity contribution in [2.75, 3.05) is 7.05 Å². The molecule has 1 aromatic carbocycles. The Bertz CT molecular complexity index is 609. The highest BCUT2D eigenvalue weighted by molar-refractivity contribution is 8.01. The molecule has 1 atom stereocenters. The van der Waals surface area contributed by atoms with E-state index in [-0.39, 0.29) is 17.4 Å². The van der Waals surface area contributed by atoms with Gasteiger partial charge in [-0.05, 0) is 19.1 Å². The summed E-state index contributed by atoms with van der Waals surface area (Å²) in [6, 6.07) is 5.78. The van der Waals surface area contributed by atoms with E-state index in [1.807, 2.05) is 0 Å². The number of nitrogens with zero attached hydrogens (tertiary/aromatic N) is 2. The number of nitro benzene ring substituents is 1. The van der Waals surface area contributed by atoms with Gasteiger partial charge in [-0.15, -0.1) is 11.8 Å². The smallest absolute Gasteiger partial charge is 0.269 e. The van der Waals surface area contributed by atoms with Crippen molar-refractivity contribution in [1.29, 1.82) is 0 Å². The Morgan fingerprint density at radius 1 is 1.25 bits per heavy atom. The third kappa shape index (κ3) is 2.72. The number of benzene rings is 1. The first-order valence-electron chi connectivity index (χ1n) is 5.81. The molecule has 2 rings (SSSR count). The summed E-state index contributed by atoms with van der Waals surface area (Å²) in [5.41, 5.74) is 0.587. The van der Waals surface area contributed by atoms with E-state index in [4.69, 9.17) is 0 Å². The maximum atomic E-state index is 12.1. The maximum Gasteiger partial charge on any atom is 0.269 e. The number of hydrogen-bond donors (Lipinski definition) is 0. The van der Waals surface area contributed by atoms with Gasteiger partial charge in [0.2, 0.25) is 5.91 Å². The van der Waals surface area contributed by atoms with E-state index in [9.17, 15) is 19.7 Å². The van der Waals surface area contributed by atoms with Gasteiger partial charge in [0.15, 0.2) is 11.0 Å². The fourth-order valence-electron chi connectivity index (χ4n) is 1.74. The van der Waals surface area contributed by atoms with E-state index < -0.39 is 10.2 Å². The van der Waals surface area contributed by atoms with Gasteiger partial charge in [-0.2, -0.15) is 0 Å². The fraction of sp³-hybridized carbons (Fsp3) is 0.231. The summed E-state index contributed by atoms with van der Waals surface area (Å²) in [5.74, 6) is -0.535. The van der Waals surface area contributed by atoms with E-state index in [0.717, 1.165) is 11.8 Å². The maximum absolute atomic E-state index is 12.1. The summed E-state index contributed by atoms with van der Waals surface area (Å²) in [5, 5.41) is 9.73. The lowest BCUT2D eigenvalue weighted by Gasteiger charge is -2.26. The van der Waals surface area contributed by atoms with E-state index >= 15 is 0 Å². The molecule has 0 bridgehead atoms. The van der Waals surface area contributed by atoms with E-state index in [2.05, 4.69) is 0 Å². The lowest BCUT2D eigenvalue weighted by molar-refractivity contribution is -0.384. The summed E-state index contributed by atoms with van der Waals surface area (Å²) in [6.45, 7) is 1.70. The molecule has 20 heavy (non-hydrogen) atoms. The predicted molar refractivity (Wildman–Crippen MR) is 74.3 cm³/mol. The summed E-state index contributed by atoms with van der Waals surface area (Å²) < 4.78 is 0. The van der Waals surface area contributed by atoms with Gasteiger partial charge in [-0.25, -0.2) is 0 Å². The monoisotopic (exact) mass is 292 g/mol. The number of allylic oxidation sites excluding steroid dienone is 2. The molecule has 0 spiro atoms. The van der Waals surface area contributed by atoms with Crippen LogP contribution in [0.15, 0.2) is 40.9 Å². The number of hydrogen-bond acceptors (Lipinski definition) is 5. The normalized spacial score (nSPS) is 19.0. The van der Waals surface area contributed by atoms with Gasteiger partial charge in [-0.1, -0.05) is 0 Å². The first kappa shape index (κ1) is 14.3. The highest BCUT2D eigenvalue weighted by Crippen LogP contribution is 2.30. The molecule has 1 aliphatic rings. The number of carbonyl (C=O) groups is 2. The molecular weight excluding hydrogens is 280 g/mol. The number of rotatable bonds is 3. The number of non-ortho nitro benzene ring substituents is 1. The number of carbonyl (C=O) groups excluding carboxylic acids is 2. The highest BCUT2D eigenvalue weighted by Gasteiger charge is 2.33. The molecule has 1 unspecified atom stereocenters. The third-order valence-electron chi connectivity index (χ3n) is 2.99. The molecule has 0 aromatic heterocycles. The number of thioether (sulfide) groups is 1. The van der Waals surface area contributed by atoms with Gasteiger partial charge in [0.1, 0.15) is 0 Å². The molecule has 0 N–H and O–H groups in total. The molecular formula is C13H12N2O4S. The van der Waals surface area contributed by atoms with E-state index in [0.29, 0.717) is 10.6 Å². The topological polar surface area (TPSA) is 80.5 Å². The Morgan fingerprint density at radius 3 is 2.40 bits per heavy atom. The zero-order valence-electron chi connectivity index (χ0n) is 10.9. The van der Waals surface area contributed by atoms with Crippen LogP contribution in [0.3, 0.4) is 0 Å². The van der Waals surface area contributed by atoms with Gasteiger partial charge in [0.25, 0.3) is 5.69 Å². The van der Waals surface area contributed by atoms with Crippen LogP contribution in [-0.2, 0) is 9.59 Å². The van der Waals surface area contributed by atoms with Crippen molar-refractivity contribution in [2.24, 2.45) is 0 Å². The van der Waals surface area contributed by atoms with Crippen LogP contribution in [0.25, 0.3) is 0 Å². The molecule has 6 nitrogen and oxygen atoms in total. The lowest BCUT2D eigenvalue weighted by atomic mass is 10.1. The van der Waals surface area contributed by atoms with Crippen LogP contribution < -0.4 is 0 Å². The molecule has 1 aromatic rings. The standard InChI is InChI=1S/C13H12N2O4S/c1-8-7-11(16)12(13(17)14(8)2)20-10-5-3-9(4-6-10)15(18)19/h3-7,12H,1-2H3. The van der Waals surface area contributed by atoms with Gasteiger partial charge < -0.3 is 4.90 Å². The fourth-order valence-corrected chi connectivity index (χ4v) is 2.75. The largest absolute Gasteiger partial charge is 0.318 e. The molecule has 1 amide bonds. The minimum absolute atomic E-state index is 0.0245. The Balaban J connectivity index is 2.19. The molecule has 0 radical (unpaired) electrons. The lowest BCUT2D eigenvalue weighted by Crippen LogP contribution is -2.41. The molecule has 0 saturated carbocycles. The summed E-state index contributed by atoms with van der Waals surface area (Å²) in [7, 11) is 1.62. The van der Waals surface area contributed by atoms with Crippen molar-refractivity contribution in [1.82, 2.24) is 4.90 Å². The van der Waals surface area contributed by atoms with Crippen LogP contribution in [-0.4, -0.2) is 33.8 Å². The molecule has 0 saturated heterocycles. The Labute approximate surface area is 119 Å². The minimum Gasteiger partial charge on any atom is -0.318 e. The minimum atomic E-state index is -0.829. The average Bonchev–Trinajstić information content (AvgIpc) is 2.42. The first-order chi connectivity index (χ1) is 9.40. The molecule has 1 heterocycles. The third-order valence-corrected chi connectivity index (χ3v) is 4.21. The zero-order chi connectivity index (χ0) is 14.9. The quantitative estimate of drug-likeness (QED) is 0.483. The van der Waals surface area contributed by atoms with Crippen molar-refractivity contribution >= 4 is 29.1 Å². The van der Waals surface area contributed by atoms with Crippen LogP contribution in [0.4, 0.5) is 5.69 Å². The van der Waals surface area contributed by atoms with Crippen LogP contribution in [0, 0.1) is 10.1 Å². The van der Waals surface area contributed by atoms with Crippen molar-refractivity contribution in [3.63, 3.8) is 0 Å². The van der Waals surface area contributed by atoms with Gasteiger partial charge in [0, 0.05) is 35.8 Å². The number of ketones is 1. The van der Waals surface area contributed by atoms with Crippen molar-refractivity contribution in [3.05, 3.63) is 46.2 Å². The summed E-state index contributed by atoms with van der Waals surface area (Å²) >= 11 is 1.10. The van der Waals surface area contributed by atoms with E-state index in [1.165, 1.54) is 35.2 Å². The van der Waals surface area contributed by atoms with Crippen LogP contribution in [0.1, 0.15) is 6.92 Å². The second-order valence-electron chi connectivity index (χ2n) is 4.33. The number of amides is 1. The SMILES string of the molecule is CC1=CC(=O)C(Sc2ccc([N+](=O)[O-])cc2)C(=O)N1C. The molecule has 104 valence electrons. The molecule has 7 heteroatoms. The highest BCUT2D eigenvalue weighted by atomic mass is 32.2. The van der Waals surface area contributed by atoms with Gasteiger partial charge in [-0.3, -0.25) is 19.7 Å². The van der Waals surface area contributed by atoms with E-state index in [1.54, 1.807) is 14.0 Å².